The van der Waals surface area contributed by atoms with E-state index in [1.54, 1.807) is 30.3 Å². The van der Waals surface area contributed by atoms with Gasteiger partial charge in [-0.05, 0) is 48.9 Å². The predicted molar refractivity (Wildman–Crippen MR) is 114 cm³/mol. The van der Waals surface area contributed by atoms with Crippen LogP contribution in [0.2, 0.25) is 15.1 Å². The van der Waals surface area contributed by atoms with Crippen LogP contribution in [0.3, 0.4) is 0 Å². The van der Waals surface area contributed by atoms with Crippen molar-refractivity contribution in [3.05, 3.63) is 68.8 Å². The van der Waals surface area contributed by atoms with E-state index in [9.17, 15) is 0 Å². The minimum absolute atomic E-state index is 0.149. The van der Waals surface area contributed by atoms with Gasteiger partial charge < -0.3 is 13.6 Å². The number of aryl methyl sites for hydroxylation is 1. The van der Waals surface area contributed by atoms with Gasteiger partial charge >= 0.3 is 0 Å². The number of nitrogens with zero attached hydrogens (tertiary/aromatic N) is 4. The Balaban J connectivity index is 1.34. The zero-order valence-electron chi connectivity index (χ0n) is 15.4. The molecule has 0 saturated carbocycles. The number of hydrogen-bond acceptors (Lipinski definition) is 8. The molecule has 0 bridgehead atoms. The van der Waals surface area contributed by atoms with Crippen molar-refractivity contribution >= 4 is 46.6 Å². The molecule has 0 radical (unpaired) electrons. The number of rotatable bonds is 7. The van der Waals surface area contributed by atoms with E-state index in [1.807, 2.05) is 13.0 Å². The third kappa shape index (κ3) is 5.07. The van der Waals surface area contributed by atoms with Crippen molar-refractivity contribution in [3.63, 3.8) is 0 Å². The Labute approximate surface area is 190 Å². The quantitative estimate of drug-likeness (QED) is 0.285. The zero-order valence-corrected chi connectivity index (χ0v) is 18.5. The Bertz CT molecular complexity index is 1180. The Morgan fingerprint density at radius 3 is 2.47 bits per heavy atom. The lowest BCUT2D eigenvalue weighted by atomic mass is 10.2. The van der Waals surface area contributed by atoms with E-state index in [1.165, 1.54) is 11.8 Å². The second kappa shape index (κ2) is 9.26. The Morgan fingerprint density at radius 2 is 1.67 bits per heavy atom. The lowest BCUT2D eigenvalue weighted by Crippen LogP contribution is -1.97. The van der Waals surface area contributed by atoms with Gasteiger partial charge in [-0.3, -0.25) is 0 Å². The predicted octanol–water partition coefficient (Wildman–Crippen LogP) is 6.26. The SMILES string of the molecule is Cc1cc(Cl)ccc1OCc1nnc(SCc2nnc(-c3ccc(Cl)cc3Cl)o2)o1. The van der Waals surface area contributed by atoms with E-state index in [0.717, 1.165) is 5.56 Å². The number of hydrogen-bond donors (Lipinski definition) is 0. The highest BCUT2D eigenvalue weighted by atomic mass is 35.5. The molecule has 0 spiro atoms. The molecule has 0 atom stereocenters. The first-order valence-corrected chi connectivity index (χ1v) is 10.7. The summed E-state index contributed by atoms with van der Waals surface area (Å²) in [7, 11) is 0. The monoisotopic (exact) mass is 482 g/mol. The molecular formula is C19H13Cl3N4O3S. The van der Waals surface area contributed by atoms with Gasteiger partial charge in [-0.2, -0.15) is 0 Å². The van der Waals surface area contributed by atoms with E-state index < -0.39 is 0 Å². The van der Waals surface area contributed by atoms with Crippen molar-refractivity contribution in [1.29, 1.82) is 0 Å². The molecule has 0 N–H and O–H groups in total. The van der Waals surface area contributed by atoms with E-state index in [2.05, 4.69) is 20.4 Å². The summed E-state index contributed by atoms with van der Waals surface area (Å²) in [6.07, 6.45) is 0. The van der Waals surface area contributed by atoms with Crippen LogP contribution in [0.15, 0.2) is 50.5 Å². The van der Waals surface area contributed by atoms with E-state index in [0.29, 0.717) is 55.0 Å². The van der Waals surface area contributed by atoms with Crippen LogP contribution in [0.4, 0.5) is 0 Å². The summed E-state index contributed by atoms with van der Waals surface area (Å²) in [6.45, 7) is 2.06. The van der Waals surface area contributed by atoms with Gasteiger partial charge in [0.2, 0.25) is 11.8 Å². The topological polar surface area (TPSA) is 87.1 Å². The smallest absolute Gasteiger partial charge is 0.277 e. The maximum Gasteiger partial charge on any atom is 0.277 e. The van der Waals surface area contributed by atoms with Crippen molar-refractivity contribution < 1.29 is 13.6 Å². The lowest BCUT2D eigenvalue weighted by Gasteiger charge is -2.06. The second-order valence-electron chi connectivity index (χ2n) is 6.07. The molecular weight excluding hydrogens is 471 g/mol. The molecule has 11 heteroatoms. The molecule has 0 aliphatic heterocycles. The van der Waals surface area contributed by atoms with E-state index >= 15 is 0 Å². The zero-order chi connectivity index (χ0) is 21.1. The summed E-state index contributed by atoms with van der Waals surface area (Å²) in [5.41, 5.74) is 1.53. The molecule has 0 fully saturated rings. The van der Waals surface area contributed by atoms with Crippen molar-refractivity contribution in [2.75, 3.05) is 0 Å². The minimum Gasteiger partial charge on any atom is -0.484 e. The van der Waals surface area contributed by atoms with Gasteiger partial charge in [-0.1, -0.05) is 46.6 Å². The highest BCUT2D eigenvalue weighted by molar-refractivity contribution is 7.98. The number of benzene rings is 2. The van der Waals surface area contributed by atoms with Crippen LogP contribution in [-0.2, 0) is 12.4 Å². The summed E-state index contributed by atoms with van der Waals surface area (Å²) in [6, 6.07) is 10.4. The third-order valence-corrected chi connectivity index (χ3v) is 5.47. The number of halogens is 3. The van der Waals surface area contributed by atoms with Crippen LogP contribution in [0.25, 0.3) is 11.5 Å². The summed E-state index contributed by atoms with van der Waals surface area (Å²) < 4.78 is 16.9. The fourth-order valence-corrected chi connectivity index (χ4v) is 3.81. The minimum atomic E-state index is 0.149. The number of aromatic nitrogens is 4. The Hall–Kier alpha value is -2.26. The number of thioether (sulfide) groups is 1. The first-order chi connectivity index (χ1) is 14.5. The molecule has 2 aromatic carbocycles. The standard InChI is InChI=1S/C19H13Cl3N4O3S/c1-10-6-11(20)3-5-15(10)27-8-16-23-26-19(29-16)30-9-17-24-25-18(28-17)13-4-2-12(21)7-14(13)22/h2-7H,8-9H2,1H3. The molecule has 154 valence electrons. The summed E-state index contributed by atoms with van der Waals surface area (Å²) in [5, 5.41) is 18.0. The average Bonchev–Trinajstić information content (AvgIpc) is 3.35. The maximum absolute atomic E-state index is 6.17. The van der Waals surface area contributed by atoms with Gasteiger partial charge in [0.1, 0.15) is 5.75 Å². The van der Waals surface area contributed by atoms with E-state index in [4.69, 9.17) is 48.4 Å². The second-order valence-corrected chi connectivity index (χ2v) is 8.28. The van der Waals surface area contributed by atoms with Crippen LogP contribution in [0, 0.1) is 6.92 Å². The van der Waals surface area contributed by atoms with Gasteiger partial charge in [0, 0.05) is 10.0 Å². The van der Waals surface area contributed by atoms with Crippen LogP contribution in [-0.4, -0.2) is 20.4 Å². The fraction of sp³-hybridized carbons (Fsp3) is 0.158. The highest BCUT2D eigenvalue weighted by Gasteiger charge is 2.14. The van der Waals surface area contributed by atoms with Crippen LogP contribution >= 0.6 is 46.6 Å². The van der Waals surface area contributed by atoms with Gasteiger partial charge in [0.05, 0.1) is 16.3 Å². The molecule has 7 nitrogen and oxygen atoms in total. The van der Waals surface area contributed by atoms with Gasteiger partial charge in [-0.15, -0.1) is 20.4 Å². The molecule has 0 unspecified atom stereocenters. The van der Waals surface area contributed by atoms with Crippen LogP contribution in [0.1, 0.15) is 17.3 Å². The molecule has 2 heterocycles. The molecule has 4 rings (SSSR count). The first-order valence-electron chi connectivity index (χ1n) is 8.60. The molecule has 0 amide bonds. The summed E-state index contributed by atoms with van der Waals surface area (Å²) >= 11 is 19.3. The molecule has 4 aromatic rings. The summed E-state index contributed by atoms with van der Waals surface area (Å²) in [4.78, 5) is 0. The van der Waals surface area contributed by atoms with Gasteiger partial charge in [0.25, 0.3) is 11.1 Å². The third-order valence-electron chi connectivity index (χ3n) is 3.88. The average molecular weight is 484 g/mol. The number of ether oxygens (including phenoxy) is 1. The van der Waals surface area contributed by atoms with E-state index in [-0.39, 0.29) is 6.61 Å². The largest absolute Gasteiger partial charge is 0.484 e. The molecule has 0 saturated heterocycles. The fourth-order valence-electron chi connectivity index (χ4n) is 2.48. The van der Waals surface area contributed by atoms with Gasteiger partial charge in [-0.25, -0.2) is 0 Å². The maximum atomic E-state index is 6.17. The van der Waals surface area contributed by atoms with Crippen LogP contribution < -0.4 is 4.74 Å². The molecule has 30 heavy (non-hydrogen) atoms. The first kappa shape index (κ1) is 21.0. The van der Waals surface area contributed by atoms with Crippen molar-refractivity contribution in [3.8, 4) is 17.2 Å². The lowest BCUT2D eigenvalue weighted by molar-refractivity contribution is 0.250. The summed E-state index contributed by atoms with van der Waals surface area (Å²) in [5.74, 6) is 2.12. The van der Waals surface area contributed by atoms with Crippen molar-refractivity contribution in [2.45, 2.75) is 24.5 Å². The normalized spacial score (nSPS) is 11.1. The van der Waals surface area contributed by atoms with Gasteiger partial charge in [0.15, 0.2) is 6.61 Å². The molecule has 2 aromatic heterocycles. The molecule has 0 aliphatic carbocycles. The Morgan fingerprint density at radius 1 is 0.900 bits per heavy atom. The molecule has 0 aliphatic rings. The van der Waals surface area contributed by atoms with Crippen LogP contribution in [0.5, 0.6) is 5.75 Å². The Kier molecular flexibility index (Phi) is 6.48. The van der Waals surface area contributed by atoms with Crippen molar-refractivity contribution in [1.82, 2.24) is 20.4 Å². The highest BCUT2D eigenvalue weighted by Crippen LogP contribution is 2.30. The van der Waals surface area contributed by atoms with Crippen molar-refractivity contribution in [2.24, 2.45) is 0 Å².